The summed E-state index contributed by atoms with van der Waals surface area (Å²) in [7, 11) is 0. The molecule has 3 aromatic heterocycles. The second kappa shape index (κ2) is 10.5. The lowest BCUT2D eigenvalue weighted by Gasteiger charge is -2.28. The molecule has 2 unspecified atom stereocenters. The topological polar surface area (TPSA) is 75.1 Å². The van der Waals surface area contributed by atoms with Crippen LogP contribution >= 0.6 is 23.8 Å². The van der Waals surface area contributed by atoms with E-state index >= 15 is 0 Å². The molecule has 1 aromatic carbocycles. The Morgan fingerprint density at radius 2 is 1.92 bits per heavy atom. The van der Waals surface area contributed by atoms with Crippen LogP contribution in [-0.2, 0) is 4.79 Å². The van der Waals surface area contributed by atoms with E-state index in [0.717, 1.165) is 28.5 Å². The normalized spacial score (nSPS) is 17.2. The van der Waals surface area contributed by atoms with Crippen LogP contribution in [0.3, 0.4) is 0 Å². The summed E-state index contributed by atoms with van der Waals surface area (Å²) in [6.07, 6.45) is 5.64. The molecule has 182 valence electrons. The number of nitrogens with zero attached hydrogens (tertiary/aromatic N) is 4. The fraction of sp³-hybridized carbons (Fsp3) is 0.185. The molecule has 0 bridgehead atoms. The Morgan fingerprint density at radius 3 is 2.64 bits per heavy atom. The molecule has 2 N–H and O–H groups in total. The molecule has 5 rings (SSSR count). The number of rotatable bonds is 7. The van der Waals surface area contributed by atoms with Gasteiger partial charge >= 0.3 is 0 Å². The minimum absolute atomic E-state index is 0.0727. The van der Waals surface area contributed by atoms with Gasteiger partial charge in [0.05, 0.1) is 22.8 Å². The van der Waals surface area contributed by atoms with Gasteiger partial charge in [-0.3, -0.25) is 9.78 Å². The maximum Gasteiger partial charge on any atom is 0.226 e. The van der Waals surface area contributed by atoms with Gasteiger partial charge in [-0.15, -0.1) is 0 Å². The number of carbonyl (C=O) groups is 1. The van der Waals surface area contributed by atoms with Crippen LogP contribution in [0.4, 0.5) is 5.69 Å². The number of hydrogen-bond acceptors (Lipinski definition) is 4. The van der Waals surface area contributed by atoms with E-state index in [9.17, 15) is 4.79 Å². The van der Waals surface area contributed by atoms with Crippen LogP contribution in [0.15, 0.2) is 85.3 Å². The minimum Gasteiger partial charge on any atom is -0.352 e. The molecule has 1 aliphatic rings. The summed E-state index contributed by atoms with van der Waals surface area (Å²) in [4.78, 5) is 23.9. The Labute approximate surface area is 220 Å². The first-order chi connectivity index (χ1) is 17.5. The zero-order valence-corrected chi connectivity index (χ0v) is 21.2. The molecule has 1 fully saturated rings. The summed E-state index contributed by atoms with van der Waals surface area (Å²) >= 11 is 11.8. The van der Waals surface area contributed by atoms with Crippen LogP contribution < -0.4 is 10.6 Å². The van der Waals surface area contributed by atoms with Crippen molar-refractivity contribution in [3.8, 4) is 5.82 Å². The van der Waals surface area contributed by atoms with Crippen LogP contribution in [-0.4, -0.2) is 37.0 Å². The number of hydrogen-bond donors (Lipinski definition) is 2. The second-order valence-corrected chi connectivity index (χ2v) is 9.45. The van der Waals surface area contributed by atoms with E-state index in [-0.39, 0.29) is 24.4 Å². The van der Waals surface area contributed by atoms with Crippen LogP contribution in [0.1, 0.15) is 35.5 Å². The molecule has 0 spiro atoms. The SMILES string of the molecule is Cc1ccc(NC(=O)CCN2C(=S)NC(c3ccccn3)C2c2cccn2-c2ccc(Cl)cn2)cc1. The van der Waals surface area contributed by atoms with Gasteiger partial charge in [-0.1, -0.05) is 35.4 Å². The van der Waals surface area contributed by atoms with Crippen molar-refractivity contribution in [3.63, 3.8) is 0 Å². The van der Waals surface area contributed by atoms with Gasteiger partial charge in [-0.05, 0) is 67.7 Å². The van der Waals surface area contributed by atoms with Crippen molar-refractivity contribution in [2.45, 2.75) is 25.4 Å². The van der Waals surface area contributed by atoms with Gasteiger partial charge in [-0.2, -0.15) is 0 Å². The quantitative estimate of drug-likeness (QED) is 0.328. The highest BCUT2D eigenvalue weighted by Crippen LogP contribution is 2.39. The van der Waals surface area contributed by atoms with Crippen molar-refractivity contribution in [1.82, 2.24) is 24.8 Å². The average Bonchev–Trinajstić information content (AvgIpc) is 3.49. The Hall–Kier alpha value is -3.75. The van der Waals surface area contributed by atoms with E-state index in [4.69, 9.17) is 23.8 Å². The number of pyridine rings is 2. The van der Waals surface area contributed by atoms with Gasteiger partial charge in [0.2, 0.25) is 5.91 Å². The number of aryl methyl sites for hydroxylation is 1. The van der Waals surface area contributed by atoms with Gasteiger partial charge in [0.15, 0.2) is 5.11 Å². The zero-order valence-electron chi connectivity index (χ0n) is 19.6. The summed E-state index contributed by atoms with van der Waals surface area (Å²) in [6, 6.07) is 20.9. The fourth-order valence-corrected chi connectivity index (χ4v) is 4.85. The number of nitrogens with one attached hydrogen (secondary N) is 2. The molecule has 0 aliphatic carbocycles. The molecule has 2 atom stereocenters. The lowest BCUT2D eigenvalue weighted by molar-refractivity contribution is -0.116. The van der Waals surface area contributed by atoms with E-state index in [2.05, 4.69) is 25.5 Å². The molecule has 0 saturated carbocycles. The number of aromatic nitrogens is 3. The number of carbonyl (C=O) groups excluding carboxylic acids is 1. The van der Waals surface area contributed by atoms with Crippen molar-refractivity contribution in [2.24, 2.45) is 0 Å². The molecular formula is C27H25ClN6OS. The number of benzene rings is 1. The summed E-state index contributed by atoms with van der Waals surface area (Å²) in [6.45, 7) is 2.46. The molecule has 4 heterocycles. The first-order valence-corrected chi connectivity index (χ1v) is 12.4. The Balaban J connectivity index is 1.43. The smallest absolute Gasteiger partial charge is 0.226 e. The first kappa shape index (κ1) is 24.0. The van der Waals surface area contributed by atoms with Gasteiger partial charge < -0.3 is 20.1 Å². The second-order valence-electron chi connectivity index (χ2n) is 8.62. The van der Waals surface area contributed by atoms with E-state index in [1.54, 1.807) is 12.4 Å². The third-order valence-corrected chi connectivity index (χ3v) is 6.73. The van der Waals surface area contributed by atoms with E-state index in [0.29, 0.717) is 16.7 Å². The number of amides is 1. The summed E-state index contributed by atoms with van der Waals surface area (Å²) in [5, 5.41) is 7.56. The van der Waals surface area contributed by atoms with Crippen molar-refractivity contribution >= 4 is 40.5 Å². The average molecular weight is 517 g/mol. The monoisotopic (exact) mass is 516 g/mol. The maximum atomic E-state index is 12.8. The Morgan fingerprint density at radius 1 is 1.08 bits per heavy atom. The lowest BCUT2D eigenvalue weighted by atomic mass is 10.0. The van der Waals surface area contributed by atoms with Crippen LogP contribution in [0.5, 0.6) is 0 Å². The molecule has 1 saturated heterocycles. The first-order valence-electron chi connectivity index (χ1n) is 11.6. The van der Waals surface area contributed by atoms with Gasteiger partial charge in [-0.25, -0.2) is 4.98 Å². The highest BCUT2D eigenvalue weighted by molar-refractivity contribution is 7.80. The molecule has 4 aromatic rings. The predicted molar refractivity (Wildman–Crippen MR) is 145 cm³/mol. The minimum atomic E-state index is -0.202. The van der Waals surface area contributed by atoms with E-state index < -0.39 is 0 Å². The van der Waals surface area contributed by atoms with E-state index in [1.807, 2.05) is 84.4 Å². The standard InChI is InChI=1S/C27H25ClN6OS/c1-18-7-10-20(11-8-18)31-24(35)13-16-34-26(25(32-27(34)36)21-5-2-3-14-29-21)22-6-4-15-33(22)23-12-9-19(28)17-30-23/h2-12,14-15,17,25-26H,13,16H2,1H3,(H,31,35)(H,32,36). The van der Waals surface area contributed by atoms with Gasteiger partial charge in [0.1, 0.15) is 5.82 Å². The molecular weight excluding hydrogens is 492 g/mol. The predicted octanol–water partition coefficient (Wildman–Crippen LogP) is 5.23. The summed E-state index contributed by atoms with van der Waals surface area (Å²) in [5.41, 5.74) is 3.77. The number of anilines is 1. The molecule has 36 heavy (non-hydrogen) atoms. The van der Waals surface area contributed by atoms with Gasteiger partial charge in [0, 0.05) is 42.9 Å². The third-order valence-electron chi connectivity index (χ3n) is 6.15. The summed E-state index contributed by atoms with van der Waals surface area (Å²) in [5.74, 6) is 0.672. The lowest BCUT2D eigenvalue weighted by Crippen LogP contribution is -2.33. The van der Waals surface area contributed by atoms with E-state index in [1.165, 1.54) is 0 Å². The molecule has 1 amide bonds. The van der Waals surface area contributed by atoms with Gasteiger partial charge in [0.25, 0.3) is 0 Å². The van der Waals surface area contributed by atoms with Crippen LogP contribution in [0.2, 0.25) is 5.02 Å². The third kappa shape index (κ3) is 5.10. The van der Waals surface area contributed by atoms with Crippen molar-refractivity contribution in [1.29, 1.82) is 0 Å². The maximum absolute atomic E-state index is 12.8. The highest BCUT2D eigenvalue weighted by atomic mass is 35.5. The Kier molecular flexibility index (Phi) is 6.97. The molecule has 0 radical (unpaired) electrons. The van der Waals surface area contributed by atoms with Crippen molar-refractivity contribution in [2.75, 3.05) is 11.9 Å². The highest BCUT2D eigenvalue weighted by Gasteiger charge is 2.41. The summed E-state index contributed by atoms with van der Waals surface area (Å²) < 4.78 is 2.02. The fourth-order valence-electron chi connectivity index (χ4n) is 4.40. The van der Waals surface area contributed by atoms with Crippen LogP contribution in [0, 0.1) is 6.92 Å². The van der Waals surface area contributed by atoms with Crippen molar-refractivity contribution in [3.05, 3.63) is 107 Å². The number of thiocarbonyl (C=S) groups is 1. The number of halogens is 1. The van der Waals surface area contributed by atoms with Crippen LogP contribution in [0.25, 0.3) is 5.82 Å². The molecule has 9 heteroatoms. The zero-order chi connectivity index (χ0) is 25.1. The largest absolute Gasteiger partial charge is 0.352 e. The molecule has 7 nitrogen and oxygen atoms in total. The Bertz CT molecular complexity index is 1360. The molecule has 1 aliphatic heterocycles. The van der Waals surface area contributed by atoms with Crippen molar-refractivity contribution < 1.29 is 4.79 Å².